The van der Waals surface area contributed by atoms with Crippen LogP contribution in [0.1, 0.15) is 12.6 Å². The molecule has 2 aromatic rings. The Kier molecular flexibility index (Phi) is 4.68. The van der Waals surface area contributed by atoms with Crippen molar-refractivity contribution >= 4 is 40.5 Å². The van der Waals surface area contributed by atoms with Gasteiger partial charge in [-0.3, -0.25) is 4.98 Å². The van der Waals surface area contributed by atoms with Crippen LogP contribution in [0.2, 0.25) is 0 Å². The van der Waals surface area contributed by atoms with Gasteiger partial charge in [-0.05, 0) is 32.0 Å². The Hall–Kier alpha value is -0.540. The van der Waals surface area contributed by atoms with Gasteiger partial charge < -0.3 is 9.05 Å². The van der Waals surface area contributed by atoms with Gasteiger partial charge in [0.1, 0.15) is 0 Å². The topological polar surface area (TPSA) is 31.4 Å². The van der Waals surface area contributed by atoms with Crippen molar-refractivity contribution in [2.24, 2.45) is 0 Å². The molecule has 2 rings (SSSR count). The lowest BCUT2D eigenvalue weighted by Gasteiger charge is -2.16. The molecule has 0 saturated heterocycles. The molecule has 1 heterocycles. The predicted octanol–water partition coefficient (Wildman–Crippen LogP) is 3.93. The number of benzene rings is 1. The highest BCUT2D eigenvalue weighted by molar-refractivity contribution is 9.10. The number of aromatic nitrogens is 1. The van der Waals surface area contributed by atoms with E-state index in [1.165, 1.54) is 0 Å². The highest BCUT2D eigenvalue weighted by Gasteiger charge is 2.17. The molecule has 18 heavy (non-hydrogen) atoms. The van der Waals surface area contributed by atoms with Crippen molar-refractivity contribution in [1.29, 1.82) is 0 Å². The number of hydrogen-bond donors (Lipinski definition) is 0. The van der Waals surface area contributed by atoms with E-state index in [1.54, 1.807) is 7.11 Å². The van der Waals surface area contributed by atoms with Crippen LogP contribution in [0.25, 0.3) is 10.9 Å². The van der Waals surface area contributed by atoms with Gasteiger partial charge in [-0.15, -0.1) is 0 Å². The molecule has 1 aromatic heterocycles. The molecule has 0 amide bonds. The zero-order valence-corrected chi connectivity index (χ0v) is 13.1. The first-order valence-corrected chi connectivity index (χ1v) is 7.66. The van der Waals surface area contributed by atoms with E-state index in [1.807, 2.05) is 26.0 Å². The van der Waals surface area contributed by atoms with E-state index in [2.05, 4.69) is 33.0 Å². The minimum absolute atomic E-state index is 0.624. The number of rotatable bonds is 4. The molecular formula is C13H15BrNO2P. The van der Waals surface area contributed by atoms with Crippen LogP contribution in [0.3, 0.4) is 0 Å². The van der Waals surface area contributed by atoms with Gasteiger partial charge in [0.15, 0.2) is 0 Å². The zero-order valence-electron chi connectivity index (χ0n) is 10.6. The van der Waals surface area contributed by atoms with E-state index in [0.29, 0.717) is 6.61 Å². The summed E-state index contributed by atoms with van der Waals surface area (Å²) >= 11 is 3.52. The first-order valence-electron chi connectivity index (χ1n) is 5.69. The Balaban J connectivity index is 2.63. The van der Waals surface area contributed by atoms with E-state index in [0.717, 1.165) is 26.4 Å². The van der Waals surface area contributed by atoms with Crippen LogP contribution in [-0.4, -0.2) is 18.7 Å². The van der Waals surface area contributed by atoms with Crippen LogP contribution in [0.15, 0.2) is 28.7 Å². The van der Waals surface area contributed by atoms with Crippen molar-refractivity contribution in [3.05, 3.63) is 34.4 Å². The van der Waals surface area contributed by atoms with Crippen LogP contribution in [0, 0.1) is 6.92 Å². The van der Waals surface area contributed by atoms with Crippen molar-refractivity contribution in [2.75, 3.05) is 13.7 Å². The summed E-state index contributed by atoms with van der Waals surface area (Å²) in [6, 6.07) is 8.16. The third-order valence-corrected chi connectivity index (χ3v) is 4.50. The predicted molar refractivity (Wildman–Crippen MR) is 79.4 cm³/mol. The van der Waals surface area contributed by atoms with Crippen LogP contribution in [0.5, 0.6) is 0 Å². The second kappa shape index (κ2) is 6.07. The Morgan fingerprint density at radius 3 is 2.78 bits per heavy atom. The fourth-order valence-electron chi connectivity index (χ4n) is 1.76. The van der Waals surface area contributed by atoms with Crippen LogP contribution < -0.4 is 5.30 Å². The highest BCUT2D eigenvalue weighted by Crippen LogP contribution is 2.39. The van der Waals surface area contributed by atoms with E-state index >= 15 is 0 Å². The molecule has 0 fully saturated rings. The normalized spacial score (nSPS) is 12.9. The maximum atomic E-state index is 5.66. The first kappa shape index (κ1) is 13.9. The molecule has 0 radical (unpaired) electrons. The average Bonchev–Trinajstić information content (AvgIpc) is 2.36. The molecule has 5 heteroatoms. The van der Waals surface area contributed by atoms with Gasteiger partial charge in [-0.1, -0.05) is 22.0 Å². The van der Waals surface area contributed by atoms with Gasteiger partial charge in [-0.2, -0.15) is 0 Å². The summed E-state index contributed by atoms with van der Waals surface area (Å²) in [4.78, 5) is 4.60. The van der Waals surface area contributed by atoms with Gasteiger partial charge in [-0.25, -0.2) is 0 Å². The maximum absolute atomic E-state index is 5.66. The highest BCUT2D eigenvalue weighted by atomic mass is 79.9. The third kappa shape index (κ3) is 2.89. The van der Waals surface area contributed by atoms with Crippen molar-refractivity contribution < 1.29 is 9.05 Å². The molecule has 0 aliphatic rings. The number of hydrogen-bond acceptors (Lipinski definition) is 3. The summed E-state index contributed by atoms with van der Waals surface area (Å²) < 4.78 is 12.1. The van der Waals surface area contributed by atoms with E-state index in [4.69, 9.17) is 9.05 Å². The summed E-state index contributed by atoms with van der Waals surface area (Å²) in [6.45, 7) is 4.58. The van der Waals surface area contributed by atoms with Gasteiger partial charge in [0.25, 0.3) is 0 Å². The monoisotopic (exact) mass is 327 g/mol. The molecule has 0 N–H and O–H groups in total. The van der Waals surface area contributed by atoms with Crippen LogP contribution >= 0.6 is 24.3 Å². The maximum Gasteiger partial charge on any atom is 0.207 e. The van der Waals surface area contributed by atoms with Gasteiger partial charge in [0, 0.05) is 22.7 Å². The average molecular weight is 328 g/mol. The lowest BCUT2D eigenvalue weighted by molar-refractivity contribution is 0.307. The third-order valence-electron chi connectivity index (χ3n) is 2.49. The number of aryl methyl sites for hydroxylation is 1. The standard InChI is InChI=1S/C13H15BrNO2P/c1-4-17-18(16-3)12-8-11(14)7-10-6-5-9(2)15-13(10)12/h5-8H,4H2,1-3H3. The van der Waals surface area contributed by atoms with Crippen molar-refractivity contribution in [2.45, 2.75) is 13.8 Å². The molecule has 0 spiro atoms. The number of nitrogens with zero attached hydrogens (tertiary/aromatic N) is 1. The summed E-state index contributed by atoms with van der Waals surface area (Å²) in [5, 5.41) is 2.11. The fraction of sp³-hybridized carbons (Fsp3) is 0.308. The van der Waals surface area contributed by atoms with Crippen molar-refractivity contribution in [1.82, 2.24) is 4.98 Å². The number of halogens is 1. The Morgan fingerprint density at radius 1 is 1.33 bits per heavy atom. The minimum atomic E-state index is -1.07. The fourth-order valence-corrected chi connectivity index (χ4v) is 3.68. The van der Waals surface area contributed by atoms with Gasteiger partial charge >= 0.3 is 0 Å². The molecule has 1 atom stereocenters. The Morgan fingerprint density at radius 2 is 2.11 bits per heavy atom. The molecule has 1 aromatic carbocycles. The summed E-state index contributed by atoms with van der Waals surface area (Å²) in [6.07, 6.45) is 0. The van der Waals surface area contributed by atoms with Crippen LogP contribution in [0.4, 0.5) is 0 Å². The number of pyridine rings is 1. The molecule has 96 valence electrons. The summed E-state index contributed by atoms with van der Waals surface area (Å²) in [5.74, 6) is 0. The second-order valence-electron chi connectivity index (χ2n) is 3.81. The molecule has 0 saturated carbocycles. The van der Waals surface area contributed by atoms with E-state index in [-0.39, 0.29) is 0 Å². The molecule has 0 aliphatic carbocycles. The largest absolute Gasteiger partial charge is 0.334 e. The van der Waals surface area contributed by atoms with Crippen LogP contribution in [-0.2, 0) is 9.05 Å². The van der Waals surface area contributed by atoms with Crippen molar-refractivity contribution in [3.63, 3.8) is 0 Å². The molecular weight excluding hydrogens is 313 g/mol. The smallest absolute Gasteiger partial charge is 0.207 e. The first-order chi connectivity index (χ1) is 8.65. The lowest BCUT2D eigenvalue weighted by atomic mass is 10.2. The molecule has 0 aliphatic heterocycles. The molecule has 3 nitrogen and oxygen atoms in total. The number of fused-ring (bicyclic) bond motifs is 1. The van der Waals surface area contributed by atoms with Gasteiger partial charge in [0.05, 0.1) is 17.4 Å². The molecule has 0 bridgehead atoms. The Bertz CT molecular complexity index is 562. The minimum Gasteiger partial charge on any atom is -0.334 e. The SMILES string of the molecule is CCOP(OC)c1cc(Br)cc2ccc(C)nc12. The molecule has 1 unspecified atom stereocenters. The summed E-state index contributed by atoms with van der Waals surface area (Å²) in [7, 11) is 0.596. The van der Waals surface area contributed by atoms with Crippen molar-refractivity contribution in [3.8, 4) is 0 Å². The Labute approximate surface area is 117 Å². The van der Waals surface area contributed by atoms with Gasteiger partial charge in [0.2, 0.25) is 8.38 Å². The summed E-state index contributed by atoms with van der Waals surface area (Å²) in [5.41, 5.74) is 1.95. The van der Waals surface area contributed by atoms with E-state index < -0.39 is 8.38 Å². The zero-order chi connectivity index (χ0) is 13.1. The second-order valence-corrected chi connectivity index (χ2v) is 6.34. The quantitative estimate of drug-likeness (QED) is 0.797. The lowest BCUT2D eigenvalue weighted by Crippen LogP contribution is -2.08. The van der Waals surface area contributed by atoms with E-state index in [9.17, 15) is 0 Å².